The van der Waals surface area contributed by atoms with E-state index >= 15 is 0 Å². The lowest BCUT2D eigenvalue weighted by Gasteiger charge is -2.39. The molecule has 1 aliphatic rings. The van der Waals surface area contributed by atoms with Crippen molar-refractivity contribution in [1.29, 1.82) is 5.26 Å². The molecule has 1 heterocycles. The van der Waals surface area contributed by atoms with Gasteiger partial charge in [0, 0.05) is 13.1 Å². The van der Waals surface area contributed by atoms with Gasteiger partial charge in [-0.25, -0.2) is 4.39 Å². The van der Waals surface area contributed by atoms with Crippen LogP contribution in [0.2, 0.25) is 0 Å². The van der Waals surface area contributed by atoms with Crippen LogP contribution in [0.15, 0.2) is 18.2 Å². The van der Waals surface area contributed by atoms with E-state index in [1.165, 1.54) is 12.5 Å². The predicted molar refractivity (Wildman–Crippen MR) is 66.3 cm³/mol. The third-order valence-electron chi connectivity index (χ3n) is 3.32. The third kappa shape index (κ3) is 2.58. The molecular formula is C14H17FN2. The summed E-state index contributed by atoms with van der Waals surface area (Å²) in [6.45, 7) is 6.18. The minimum absolute atomic E-state index is 0.235. The number of hydrogen-bond donors (Lipinski definition) is 0. The number of hydrogen-bond acceptors (Lipinski definition) is 2. The molecule has 0 unspecified atom stereocenters. The average Bonchev–Trinajstić information content (AvgIpc) is 2.27. The molecule has 0 spiro atoms. The highest BCUT2D eigenvalue weighted by molar-refractivity contribution is 5.51. The SMILES string of the molecule is CC1(C)CCCN(c2ccc(C#N)cc2F)C1. The zero-order valence-electron chi connectivity index (χ0n) is 10.3. The topological polar surface area (TPSA) is 27.0 Å². The zero-order valence-corrected chi connectivity index (χ0v) is 10.3. The predicted octanol–water partition coefficient (Wildman–Crippen LogP) is 3.32. The number of anilines is 1. The van der Waals surface area contributed by atoms with E-state index in [1.54, 1.807) is 12.1 Å². The highest BCUT2D eigenvalue weighted by Gasteiger charge is 2.27. The lowest BCUT2D eigenvalue weighted by molar-refractivity contribution is 0.292. The van der Waals surface area contributed by atoms with E-state index in [1.807, 2.05) is 6.07 Å². The summed E-state index contributed by atoms with van der Waals surface area (Å²) in [6.07, 6.45) is 2.27. The van der Waals surface area contributed by atoms with Crippen LogP contribution in [0, 0.1) is 22.6 Å². The number of nitriles is 1. The van der Waals surface area contributed by atoms with E-state index in [2.05, 4.69) is 18.7 Å². The maximum atomic E-state index is 13.9. The van der Waals surface area contributed by atoms with Gasteiger partial charge < -0.3 is 4.90 Å². The molecule has 0 bridgehead atoms. The number of halogens is 1. The van der Waals surface area contributed by atoms with Crippen LogP contribution >= 0.6 is 0 Å². The van der Waals surface area contributed by atoms with E-state index in [-0.39, 0.29) is 11.2 Å². The van der Waals surface area contributed by atoms with Gasteiger partial charge in [0.2, 0.25) is 0 Å². The Morgan fingerprint density at radius 2 is 2.18 bits per heavy atom. The van der Waals surface area contributed by atoms with Crippen LogP contribution in [-0.2, 0) is 0 Å². The van der Waals surface area contributed by atoms with Gasteiger partial charge in [-0.1, -0.05) is 13.8 Å². The van der Waals surface area contributed by atoms with Crippen molar-refractivity contribution in [3.05, 3.63) is 29.6 Å². The Bertz CT molecular complexity index is 460. The highest BCUT2D eigenvalue weighted by Crippen LogP contribution is 2.32. The molecule has 0 N–H and O–H groups in total. The minimum atomic E-state index is -0.290. The summed E-state index contributed by atoms with van der Waals surface area (Å²) in [7, 11) is 0. The summed E-state index contributed by atoms with van der Waals surface area (Å²) < 4.78 is 13.9. The normalized spacial score (nSPS) is 18.8. The molecule has 3 heteroatoms. The van der Waals surface area contributed by atoms with Gasteiger partial charge in [-0.2, -0.15) is 5.26 Å². The quantitative estimate of drug-likeness (QED) is 0.742. The summed E-state index contributed by atoms with van der Waals surface area (Å²) in [5, 5.41) is 8.72. The first-order valence-electron chi connectivity index (χ1n) is 5.96. The molecular weight excluding hydrogens is 215 g/mol. The Hall–Kier alpha value is -1.56. The van der Waals surface area contributed by atoms with Gasteiger partial charge in [-0.05, 0) is 36.5 Å². The fourth-order valence-electron chi connectivity index (χ4n) is 2.46. The molecule has 0 atom stereocenters. The Labute approximate surface area is 102 Å². The molecule has 0 amide bonds. The standard InChI is InChI=1S/C14H17FN2/c1-14(2)6-3-7-17(10-14)13-5-4-11(9-16)8-12(13)15/h4-5,8H,3,6-7,10H2,1-2H3. The largest absolute Gasteiger partial charge is 0.369 e. The van der Waals surface area contributed by atoms with E-state index in [0.29, 0.717) is 11.3 Å². The fraction of sp³-hybridized carbons (Fsp3) is 0.500. The van der Waals surface area contributed by atoms with Crippen molar-refractivity contribution in [2.24, 2.45) is 5.41 Å². The second kappa shape index (κ2) is 4.37. The van der Waals surface area contributed by atoms with Crippen molar-refractivity contribution < 1.29 is 4.39 Å². The second-order valence-corrected chi connectivity index (χ2v) is 5.47. The second-order valence-electron chi connectivity index (χ2n) is 5.47. The Morgan fingerprint density at radius 3 is 2.76 bits per heavy atom. The number of benzene rings is 1. The summed E-state index contributed by atoms with van der Waals surface area (Å²) in [5.41, 5.74) is 1.23. The lowest BCUT2D eigenvalue weighted by atomic mass is 9.84. The zero-order chi connectivity index (χ0) is 12.5. The first-order valence-corrected chi connectivity index (χ1v) is 5.96. The number of rotatable bonds is 1. The van der Waals surface area contributed by atoms with Crippen molar-refractivity contribution in [2.75, 3.05) is 18.0 Å². The van der Waals surface area contributed by atoms with Gasteiger partial charge in [0.25, 0.3) is 0 Å². The van der Waals surface area contributed by atoms with Crippen LogP contribution in [0.5, 0.6) is 0 Å². The van der Waals surface area contributed by atoms with Crippen LogP contribution < -0.4 is 4.90 Å². The minimum Gasteiger partial charge on any atom is -0.369 e. The van der Waals surface area contributed by atoms with Crippen LogP contribution in [0.1, 0.15) is 32.3 Å². The van der Waals surface area contributed by atoms with Crippen molar-refractivity contribution >= 4 is 5.69 Å². The molecule has 90 valence electrons. The number of piperidine rings is 1. The van der Waals surface area contributed by atoms with Crippen molar-refractivity contribution in [3.63, 3.8) is 0 Å². The molecule has 1 aliphatic heterocycles. The van der Waals surface area contributed by atoms with E-state index in [4.69, 9.17) is 5.26 Å². The van der Waals surface area contributed by atoms with Gasteiger partial charge in [0.05, 0.1) is 17.3 Å². The van der Waals surface area contributed by atoms with Gasteiger partial charge >= 0.3 is 0 Å². The van der Waals surface area contributed by atoms with Gasteiger partial charge in [-0.15, -0.1) is 0 Å². The van der Waals surface area contributed by atoms with Crippen LogP contribution in [-0.4, -0.2) is 13.1 Å². The first-order chi connectivity index (χ1) is 8.02. The summed E-state index contributed by atoms with van der Waals surface area (Å²) >= 11 is 0. The van der Waals surface area contributed by atoms with Gasteiger partial charge in [0.15, 0.2) is 0 Å². The molecule has 1 saturated heterocycles. The van der Waals surface area contributed by atoms with Crippen molar-refractivity contribution in [2.45, 2.75) is 26.7 Å². The van der Waals surface area contributed by atoms with Crippen molar-refractivity contribution in [1.82, 2.24) is 0 Å². The highest BCUT2D eigenvalue weighted by atomic mass is 19.1. The van der Waals surface area contributed by atoms with Crippen LogP contribution in [0.3, 0.4) is 0 Å². The summed E-state index contributed by atoms with van der Waals surface area (Å²) in [6, 6.07) is 6.67. The molecule has 0 aliphatic carbocycles. The van der Waals surface area contributed by atoms with Gasteiger partial charge in [0.1, 0.15) is 5.82 Å². The average molecular weight is 232 g/mol. The third-order valence-corrected chi connectivity index (χ3v) is 3.32. The molecule has 2 rings (SSSR count). The Balaban J connectivity index is 2.26. The maximum absolute atomic E-state index is 13.9. The summed E-state index contributed by atoms with van der Waals surface area (Å²) in [5.74, 6) is -0.290. The van der Waals surface area contributed by atoms with Crippen LogP contribution in [0.4, 0.5) is 10.1 Å². The molecule has 1 fully saturated rings. The van der Waals surface area contributed by atoms with E-state index in [0.717, 1.165) is 19.5 Å². The smallest absolute Gasteiger partial charge is 0.147 e. The Kier molecular flexibility index (Phi) is 3.06. The molecule has 0 aromatic heterocycles. The molecule has 17 heavy (non-hydrogen) atoms. The monoisotopic (exact) mass is 232 g/mol. The first kappa shape index (κ1) is 11.9. The molecule has 2 nitrogen and oxygen atoms in total. The van der Waals surface area contributed by atoms with Crippen molar-refractivity contribution in [3.8, 4) is 6.07 Å². The number of nitrogens with zero attached hydrogens (tertiary/aromatic N) is 2. The van der Waals surface area contributed by atoms with E-state index in [9.17, 15) is 4.39 Å². The lowest BCUT2D eigenvalue weighted by Crippen LogP contribution is -2.40. The summed E-state index contributed by atoms with van der Waals surface area (Å²) in [4.78, 5) is 2.08. The maximum Gasteiger partial charge on any atom is 0.147 e. The fourth-order valence-corrected chi connectivity index (χ4v) is 2.46. The van der Waals surface area contributed by atoms with Crippen LogP contribution in [0.25, 0.3) is 0 Å². The van der Waals surface area contributed by atoms with Gasteiger partial charge in [-0.3, -0.25) is 0 Å². The molecule has 0 radical (unpaired) electrons. The molecule has 1 aromatic rings. The Morgan fingerprint density at radius 1 is 1.41 bits per heavy atom. The molecule has 1 aromatic carbocycles. The molecule has 0 saturated carbocycles. The van der Waals surface area contributed by atoms with E-state index < -0.39 is 0 Å².